The Hall–Kier alpha value is -4.29. The van der Waals surface area contributed by atoms with E-state index in [-0.39, 0.29) is 48.2 Å². The standard InChI is InChI=1S/C25H21F2N5O4.CH4O/c26-17-2-1-3-18(27)21(17)23-30-19-11-28-25(35)22(19)24(31-23)29-15-6-4-14(5-7-15)10-20(34)32-8-9-36-13-16(32)12-33;1-2/h1-7,12,16H,8-11,13H2,(H,28,35)(H,29,30,31);2H,1H3. The zero-order chi connectivity index (χ0) is 27.2. The molecule has 0 aliphatic carbocycles. The number of aldehydes is 1. The first kappa shape index (κ1) is 26.8. The highest BCUT2D eigenvalue weighted by Crippen LogP contribution is 2.30. The van der Waals surface area contributed by atoms with Crippen molar-refractivity contribution in [1.82, 2.24) is 20.2 Å². The summed E-state index contributed by atoms with van der Waals surface area (Å²) in [5.41, 5.74) is 1.41. The number of benzene rings is 2. The van der Waals surface area contributed by atoms with Crippen LogP contribution in [0.2, 0.25) is 0 Å². The van der Waals surface area contributed by atoms with Gasteiger partial charge in [-0.1, -0.05) is 18.2 Å². The third kappa shape index (κ3) is 5.50. The number of anilines is 2. The largest absolute Gasteiger partial charge is 0.400 e. The molecular weight excluding hydrogens is 500 g/mol. The Morgan fingerprint density at radius 1 is 1.16 bits per heavy atom. The first-order chi connectivity index (χ1) is 18.4. The Bertz CT molecular complexity index is 1330. The highest BCUT2D eigenvalue weighted by atomic mass is 19.1. The van der Waals surface area contributed by atoms with Gasteiger partial charge >= 0.3 is 0 Å². The van der Waals surface area contributed by atoms with Crippen molar-refractivity contribution in [2.75, 3.05) is 32.2 Å². The van der Waals surface area contributed by atoms with Gasteiger partial charge in [0.25, 0.3) is 5.91 Å². The quantitative estimate of drug-likeness (QED) is 0.416. The number of hydrogen-bond donors (Lipinski definition) is 3. The summed E-state index contributed by atoms with van der Waals surface area (Å²) in [6.07, 6.45) is 0.814. The maximum atomic E-state index is 14.4. The maximum Gasteiger partial charge on any atom is 0.257 e. The summed E-state index contributed by atoms with van der Waals surface area (Å²) in [5, 5.41) is 12.7. The summed E-state index contributed by atoms with van der Waals surface area (Å²) >= 11 is 0. The van der Waals surface area contributed by atoms with Crippen LogP contribution in [0.1, 0.15) is 21.6 Å². The molecule has 0 bridgehead atoms. The third-order valence-electron chi connectivity index (χ3n) is 6.03. The maximum absolute atomic E-state index is 14.4. The minimum atomic E-state index is -0.815. The van der Waals surface area contributed by atoms with Crippen LogP contribution in [0.4, 0.5) is 20.3 Å². The van der Waals surface area contributed by atoms with Gasteiger partial charge in [0.05, 0.1) is 37.4 Å². The lowest BCUT2D eigenvalue weighted by atomic mass is 10.1. The molecule has 12 heteroatoms. The highest BCUT2D eigenvalue weighted by molar-refractivity contribution is 6.03. The monoisotopic (exact) mass is 525 g/mol. The zero-order valence-corrected chi connectivity index (χ0v) is 20.4. The van der Waals surface area contributed by atoms with Crippen LogP contribution >= 0.6 is 0 Å². The average molecular weight is 526 g/mol. The summed E-state index contributed by atoms with van der Waals surface area (Å²) in [6.45, 7) is 1.04. The average Bonchev–Trinajstić information content (AvgIpc) is 3.31. The summed E-state index contributed by atoms with van der Waals surface area (Å²) < 4.78 is 34.0. The molecule has 1 unspecified atom stereocenters. The lowest BCUT2D eigenvalue weighted by Gasteiger charge is -2.32. The van der Waals surface area contributed by atoms with Crippen molar-refractivity contribution in [1.29, 1.82) is 0 Å². The van der Waals surface area contributed by atoms with Gasteiger partial charge in [0.2, 0.25) is 5.91 Å². The Labute approximate surface area is 216 Å². The molecule has 2 aliphatic heterocycles. The van der Waals surface area contributed by atoms with Crippen molar-refractivity contribution in [2.45, 2.75) is 19.0 Å². The number of aliphatic hydroxyl groups is 1. The topological polar surface area (TPSA) is 134 Å². The molecule has 1 fully saturated rings. The third-order valence-corrected chi connectivity index (χ3v) is 6.03. The second-order valence-corrected chi connectivity index (χ2v) is 8.36. The van der Waals surface area contributed by atoms with Gasteiger partial charge in [0.1, 0.15) is 35.3 Å². The molecule has 10 nitrogen and oxygen atoms in total. The fourth-order valence-corrected chi connectivity index (χ4v) is 4.20. The Morgan fingerprint density at radius 3 is 2.55 bits per heavy atom. The molecule has 198 valence electrons. The molecule has 0 saturated carbocycles. The minimum Gasteiger partial charge on any atom is -0.400 e. The van der Waals surface area contributed by atoms with E-state index in [0.717, 1.165) is 24.8 Å². The Balaban J connectivity index is 0.00000164. The van der Waals surface area contributed by atoms with Crippen LogP contribution in [-0.2, 0) is 27.3 Å². The number of fused-ring (bicyclic) bond motifs is 1. The summed E-state index contributed by atoms with van der Waals surface area (Å²) in [7, 11) is 1.00. The van der Waals surface area contributed by atoms with Crippen molar-refractivity contribution in [3.05, 3.63) is 70.9 Å². The van der Waals surface area contributed by atoms with Crippen LogP contribution in [0.25, 0.3) is 11.4 Å². The fraction of sp³-hybridized carbons (Fsp3) is 0.269. The molecule has 38 heavy (non-hydrogen) atoms. The van der Waals surface area contributed by atoms with E-state index in [9.17, 15) is 23.2 Å². The zero-order valence-electron chi connectivity index (χ0n) is 20.4. The van der Waals surface area contributed by atoms with Gasteiger partial charge in [-0.3, -0.25) is 9.59 Å². The van der Waals surface area contributed by atoms with Crippen LogP contribution in [0, 0.1) is 11.6 Å². The van der Waals surface area contributed by atoms with Gasteiger partial charge in [0.15, 0.2) is 5.82 Å². The number of ether oxygens (including phenoxy) is 1. The summed E-state index contributed by atoms with van der Waals surface area (Å²) in [4.78, 5) is 46.3. The first-order valence-corrected chi connectivity index (χ1v) is 11.7. The molecule has 0 radical (unpaired) electrons. The van der Waals surface area contributed by atoms with E-state index in [4.69, 9.17) is 9.84 Å². The van der Waals surface area contributed by atoms with E-state index in [1.54, 1.807) is 24.3 Å². The Morgan fingerprint density at radius 2 is 1.87 bits per heavy atom. The molecule has 3 N–H and O–H groups in total. The number of aliphatic hydroxyl groups excluding tert-OH is 1. The predicted octanol–water partition coefficient (Wildman–Crippen LogP) is 1.99. The van der Waals surface area contributed by atoms with Gasteiger partial charge in [0, 0.05) is 19.3 Å². The lowest BCUT2D eigenvalue weighted by Crippen LogP contribution is -2.50. The molecule has 1 saturated heterocycles. The molecule has 2 aromatic carbocycles. The highest BCUT2D eigenvalue weighted by Gasteiger charge is 2.29. The molecule has 1 aromatic heterocycles. The van der Waals surface area contributed by atoms with Gasteiger partial charge in [-0.15, -0.1) is 0 Å². The molecular formula is C26H25F2N5O5. The molecule has 3 aromatic rings. The van der Waals surface area contributed by atoms with Gasteiger partial charge in [-0.05, 0) is 29.8 Å². The number of nitrogens with zero attached hydrogens (tertiary/aromatic N) is 3. The number of carbonyl (C=O) groups is 3. The number of hydrogen-bond acceptors (Lipinski definition) is 8. The summed E-state index contributed by atoms with van der Waals surface area (Å²) in [6, 6.07) is 9.74. The molecule has 5 rings (SSSR count). The van der Waals surface area contributed by atoms with E-state index in [1.807, 2.05) is 0 Å². The summed E-state index contributed by atoms with van der Waals surface area (Å²) in [5.74, 6) is -2.28. The van der Waals surface area contributed by atoms with Crippen LogP contribution in [0.3, 0.4) is 0 Å². The number of nitrogens with one attached hydrogen (secondary N) is 2. The molecule has 3 heterocycles. The van der Waals surface area contributed by atoms with Crippen molar-refractivity contribution in [2.24, 2.45) is 0 Å². The SMILES string of the molecule is CO.O=CC1COCCN1C(=O)Cc1ccc(Nc2nc(-c3c(F)cccc3F)nc3c2C(=O)NC3)cc1. The number of carbonyl (C=O) groups excluding carboxylic acids is 3. The van der Waals surface area contributed by atoms with E-state index in [1.165, 1.54) is 11.0 Å². The van der Waals surface area contributed by atoms with Crippen molar-refractivity contribution in [3.8, 4) is 11.4 Å². The molecule has 1 atom stereocenters. The van der Waals surface area contributed by atoms with Crippen LogP contribution in [0.15, 0.2) is 42.5 Å². The number of amides is 2. The van der Waals surface area contributed by atoms with E-state index >= 15 is 0 Å². The normalized spacial score (nSPS) is 16.2. The van der Waals surface area contributed by atoms with E-state index < -0.39 is 23.6 Å². The number of rotatable bonds is 6. The number of morpholine rings is 1. The van der Waals surface area contributed by atoms with Crippen LogP contribution < -0.4 is 10.6 Å². The van der Waals surface area contributed by atoms with E-state index in [0.29, 0.717) is 30.8 Å². The molecule has 2 amide bonds. The lowest BCUT2D eigenvalue weighted by molar-refractivity contribution is -0.142. The number of aromatic nitrogens is 2. The van der Waals surface area contributed by atoms with Crippen molar-refractivity contribution >= 4 is 29.6 Å². The fourth-order valence-electron chi connectivity index (χ4n) is 4.20. The minimum absolute atomic E-state index is 0.104. The van der Waals surface area contributed by atoms with E-state index in [2.05, 4.69) is 20.6 Å². The second kappa shape index (κ2) is 11.8. The first-order valence-electron chi connectivity index (χ1n) is 11.7. The smallest absolute Gasteiger partial charge is 0.257 e. The van der Waals surface area contributed by atoms with Gasteiger partial charge < -0.3 is 30.2 Å². The number of halogens is 2. The predicted molar refractivity (Wildman–Crippen MR) is 133 cm³/mol. The molecule has 2 aliphatic rings. The van der Waals surface area contributed by atoms with Crippen LogP contribution in [0.5, 0.6) is 0 Å². The second-order valence-electron chi connectivity index (χ2n) is 8.36. The molecule has 0 spiro atoms. The van der Waals surface area contributed by atoms with Gasteiger partial charge in [-0.2, -0.15) is 0 Å². The Kier molecular flexibility index (Phi) is 8.34. The van der Waals surface area contributed by atoms with Crippen LogP contribution in [-0.4, -0.2) is 71.0 Å². The van der Waals surface area contributed by atoms with Crippen molar-refractivity contribution < 1.29 is 33.0 Å². The van der Waals surface area contributed by atoms with Crippen molar-refractivity contribution in [3.63, 3.8) is 0 Å². The van der Waals surface area contributed by atoms with Gasteiger partial charge in [-0.25, -0.2) is 18.7 Å².